The Morgan fingerprint density at radius 2 is 2.29 bits per heavy atom. The summed E-state index contributed by atoms with van der Waals surface area (Å²) in [5.74, 6) is 0.465. The van der Waals surface area contributed by atoms with Gasteiger partial charge >= 0.3 is 0 Å². The van der Waals surface area contributed by atoms with Crippen LogP contribution in [0.1, 0.15) is 21.7 Å². The first-order chi connectivity index (χ1) is 8.20. The van der Waals surface area contributed by atoms with Crippen LogP contribution in [0.4, 0.5) is 5.82 Å². The molecule has 0 atom stereocenters. The molecule has 17 heavy (non-hydrogen) atoms. The molecule has 0 saturated carbocycles. The normalized spacial score (nSPS) is 9.65. The van der Waals surface area contributed by atoms with Gasteiger partial charge in [0.25, 0.3) is 5.91 Å². The summed E-state index contributed by atoms with van der Waals surface area (Å²) in [6, 6.07) is 5.07. The van der Waals surface area contributed by atoms with Crippen molar-refractivity contribution in [2.75, 3.05) is 5.32 Å². The van der Waals surface area contributed by atoms with E-state index in [1.165, 1.54) is 12.4 Å². The second kappa shape index (κ2) is 4.45. The predicted octanol–water partition coefficient (Wildman–Crippen LogP) is 1.50. The third-order valence-corrected chi connectivity index (χ3v) is 2.13. The molecule has 2 aromatic heterocycles. The van der Waals surface area contributed by atoms with Gasteiger partial charge in [-0.25, -0.2) is 4.98 Å². The topological polar surface area (TPSA) is 91.8 Å². The standard InChI is InChI=1S/C11H8N4O2/c1-7-9(6-14-17-7)11(16)15-10-3-2-8(4-12)5-13-10/h2-3,5-6H,1H3,(H,13,15,16). The van der Waals surface area contributed by atoms with Crippen molar-refractivity contribution in [3.05, 3.63) is 41.4 Å². The van der Waals surface area contributed by atoms with E-state index in [1.54, 1.807) is 19.1 Å². The molecule has 2 rings (SSSR count). The first-order valence-electron chi connectivity index (χ1n) is 4.79. The number of pyridine rings is 1. The maximum Gasteiger partial charge on any atom is 0.262 e. The Morgan fingerprint density at radius 3 is 2.82 bits per heavy atom. The fraction of sp³-hybridized carbons (Fsp3) is 0.0909. The van der Waals surface area contributed by atoms with Crippen molar-refractivity contribution < 1.29 is 9.32 Å². The van der Waals surface area contributed by atoms with Crippen LogP contribution in [-0.2, 0) is 0 Å². The number of hydrogen-bond acceptors (Lipinski definition) is 5. The Bertz CT molecular complexity index is 580. The molecule has 6 nitrogen and oxygen atoms in total. The fourth-order valence-corrected chi connectivity index (χ4v) is 1.23. The van der Waals surface area contributed by atoms with Crippen LogP contribution in [0, 0.1) is 18.3 Å². The molecular formula is C11H8N4O2. The van der Waals surface area contributed by atoms with E-state index < -0.39 is 0 Å². The number of nitrogens with one attached hydrogen (secondary N) is 1. The summed E-state index contributed by atoms with van der Waals surface area (Å²) >= 11 is 0. The molecule has 6 heteroatoms. The van der Waals surface area contributed by atoms with Crippen LogP contribution in [-0.4, -0.2) is 16.0 Å². The van der Waals surface area contributed by atoms with Crippen molar-refractivity contribution in [1.29, 1.82) is 5.26 Å². The van der Waals surface area contributed by atoms with E-state index >= 15 is 0 Å². The maximum atomic E-state index is 11.7. The summed E-state index contributed by atoms with van der Waals surface area (Å²) in [5.41, 5.74) is 0.792. The molecule has 0 aliphatic heterocycles. The number of amides is 1. The average molecular weight is 228 g/mol. The minimum atomic E-state index is -0.346. The molecule has 0 spiro atoms. The van der Waals surface area contributed by atoms with Crippen LogP contribution in [0.25, 0.3) is 0 Å². The van der Waals surface area contributed by atoms with Crippen molar-refractivity contribution in [2.45, 2.75) is 6.92 Å². The van der Waals surface area contributed by atoms with Gasteiger partial charge in [-0.05, 0) is 19.1 Å². The molecular weight excluding hydrogens is 220 g/mol. The Balaban J connectivity index is 2.14. The smallest absolute Gasteiger partial charge is 0.262 e. The number of nitriles is 1. The van der Waals surface area contributed by atoms with Gasteiger partial charge < -0.3 is 9.84 Å². The third kappa shape index (κ3) is 2.29. The Labute approximate surface area is 96.9 Å². The number of rotatable bonds is 2. The van der Waals surface area contributed by atoms with E-state index in [1.807, 2.05) is 6.07 Å². The zero-order valence-electron chi connectivity index (χ0n) is 8.97. The highest BCUT2D eigenvalue weighted by molar-refractivity contribution is 6.04. The quantitative estimate of drug-likeness (QED) is 0.840. The highest BCUT2D eigenvalue weighted by Gasteiger charge is 2.13. The molecule has 0 aliphatic rings. The van der Waals surface area contributed by atoms with E-state index in [9.17, 15) is 4.79 Å². The van der Waals surface area contributed by atoms with Crippen LogP contribution in [0.5, 0.6) is 0 Å². The molecule has 0 aromatic carbocycles. The van der Waals surface area contributed by atoms with Crippen molar-refractivity contribution in [3.63, 3.8) is 0 Å². The first kappa shape index (κ1) is 10.8. The molecule has 84 valence electrons. The summed E-state index contributed by atoms with van der Waals surface area (Å²) in [6.45, 7) is 1.65. The molecule has 0 radical (unpaired) electrons. The highest BCUT2D eigenvalue weighted by atomic mass is 16.5. The first-order valence-corrected chi connectivity index (χ1v) is 4.79. The van der Waals surface area contributed by atoms with Gasteiger partial charge in [-0.1, -0.05) is 5.16 Å². The Morgan fingerprint density at radius 1 is 1.47 bits per heavy atom. The van der Waals surface area contributed by atoms with Gasteiger partial charge in [0.2, 0.25) is 0 Å². The lowest BCUT2D eigenvalue weighted by Crippen LogP contribution is -2.13. The lowest BCUT2D eigenvalue weighted by atomic mass is 10.2. The number of aromatic nitrogens is 2. The molecule has 1 amide bonds. The minimum Gasteiger partial charge on any atom is -0.361 e. The second-order valence-corrected chi connectivity index (χ2v) is 3.29. The minimum absolute atomic E-state index is 0.346. The molecule has 0 bridgehead atoms. The van der Waals surface area contributed by atoms with Gasteiger partial charge in [0.15, 0.2) is 0 Å². The van der Waals surface area contributed by atoms with Crippen LogP contribution < -0.4 is 5.32 Å². The molecule has 0 fully saturated rings. The van der Waals surface area contributed by atoms with E-state index in [0.717, 1.165) is 0 Å². The SMILES string of the molecule is Cc1oncc1C(=O)Nc1ccc(C#N)cn1. The lowest BCUT2D eigenvalue weighted by Gasteiger charge is -2.02. The summed E-state index contributed by atoms with van der Waals surface area (Å²) in [5, 5.41) is 14.7. The fourth-order valence-electron chi connectivity index (χ4n) is 1.23. The van der Waals surface area contributed by atoms with Crippen LogP contribution in [0.2, 0.25) is 0 Å². The van der Waals surface area contributed by atoms with E-state index in [-0.39, 0.29) is 5.91 Å². The second-order valence-electron chi connectivity index (χ2n) is 3.29. The molecule has 0 aliphatic carbocycles. The Hall–Kier alpha value is -2.68. The zero-order chi connectivity index (χ0) is 12.3. The molecule has 0 unspecified atom stereocenters. The van der Waals surface area contributed by atoms with Gasteiger partial charge in [0.05, 0.1) is 11.8 Å². The van der Waals surface area contributed by atoms with Crippen LogP contribution in [0.15, 0.2) is 29.0 Å². The average Bonchev–Trinajstić information content (AvgIpc) is 2.76. The maximum absolute atomic E-state index is 11.7. The summed E-state index contributed by atoms with van der Waals surface area (Å²) in [6.07, 6.45) is 2.73. The molecule has 2 aromatic rings. The van der Waals surface area contributed by atoms with Gasteiger partial charge in [0, 0.05) is 6.20 Å². The van der Waals surface area contributed by atoms with Gasteiger partial charge in [0.1, 0.15) is 23.2 Å². The number of hydrogen-bond donors (Lipinski definition) is 1. The molecule has 1 N–H and O–H groups in total. The van der Waals surface area contributed by atoms with Crippen LogP contribution >= 0.6 is 0 Å². The Kier molecular flexibility index (Phi) is 2.83. The van der Waals surface area contributed by atoms with Gasteiger partial charge in [-0.15, -0.1) is 0 Å². The number of carbonyl (C=O) groups excluding carboxylic acids is 1. The van der Waals surface area contributed by atoms with Crippen molar-refractivity contribution >= 4 is 11.7 Å². The van der Waals surface area contributed by atoms with Crippen molar-refractivity contribution in [1.82, 2.24) is 10.1 Å². The summed E-state index contributed by atoms with van der Waals surface area (Å²) in [7, 11) is 0. The number of carbonyl (C=O) groups is 1. The molecule has 0 saturated heterocycles. The predicted molar refractivity (Wildman–Crippen MR) is 58.1 cm³/mol. The van der Waals surface area contributed by atoms with E-state index in [4.69, 9.17) is 9.78 Å². The lowest BCUT2D eigenvalue weighted by molar-refractivity contribution is 0.102. The number of anilines is 1. The van der Waals surface area contributed by atoms with Gasteiger partial charge in [-0.2, -0.15) is 5.26 Å². The van der Waals surface area contributed by atoms with Crippen LogP contribution in [0.3, 0.4) is 0 Å². The van der Waals surface area contributed by atoms with E-state index in [2.05, 4.69) is 15.5 Å². The molecule has 2 heterocycles. The van der Waals surface area contributed by atoms with Crippen molar-refractivity contribution in [3.8, 4) is 6.07 Å². The van der Waals surface area contributed by atoms with Gasteiger partial charge in [-0.3, -0.25) is 4.79 Å². The zero-order valence-corrected chi connectivity index (χ0v) is 8.97. The van der Waals surface area contributed by atoms with E-state index in [0.29, 0.717) is 22.7 Å². The van der Waals surface area contributed by atoms with Crippen molar-refractivity contribution in [2.24, 2.45) is 0 Å². The number of aryl methyl sites for hydroxylation is 1. The largest absolute Gasteiger partial charge is 0.361 e. The highest BCUT2D eigenvalue weighted by Crippen LogP contribution is 2.10. The summed E-state index contributed by atoms with van der Waals surface area (Å²) < 4.78 is 4.79. The third-order valence-electron chi connectivity index (χ3n) is 2.13. The monoisotopic (exact) mass is 228 g/mol. The number of nitrogens with zero attached hydrogens (tertiary/aromatic N) is 3. The summed E-state index contributed by atoms with van der Waals surface area (Å²) in [4.78, 5) is 15.7.